The van der Waals surface area contributed by atoms with Crippen LogP contribution < -0.4 is 0 Å². The maximum absolute atomic E-state index is 2.27. The monoisotopic (exact) mass is 486 g/mol. The Bertz CT molecular complexity index is 136. The van der Waals surface area contributed by atoms with Gasteiger partial charge in [0.1, 0.15) is 0 Å². The van der Waals surface area contributed by atoms with Crippen molar-refractivity contribution >= 4 is 54.0 Å². The SMILES string of the molecule is CC[N+](CC)(CC)CC.CC[N+](CC)(CC)CC.[Mo].[S-2].[S-2].[S-2].[S-2]. The van der Waals surface area contributed by atoms with E-state index in [0.29, 0.717) is 0 Å². The first-order valence-electron chi connectivity index (χ1n) is 8.19. The molecule has 0 aromatic rings. The molecule has 0 amide bonds. The average Bonchev–Trinajstić information content (AvgIpc) is 2.46. The summed E-state index contributed by atoms with van der Waals surface area (Å²) < 4.78 is 2.56. The van der Waals surface area contributed by atoms with Gasteiger partial charge in [-0.2, -0.15) is 0 Å². The van der Waals surface area contributed by atoms with Gasteiger partial charge in [0.05, 0.1) is 52.4 Å². The normalized spacial score (nSPS) is 9.39. The second-order valence-electron chi connectivity index (χ2n) is 5.21. The maximum atomic E-state index is 2.27. The predicted molar refractivity (Wildman–Crippen MR) is 114 cm³/mol. The first-order chi connectivity index (χ1) is 8.49. The molecular formula is C16H40MoN2S4-6. The molecule has 150 valence electrons. The Balaban J connectivity index is -0.0000000366. The summed E-state index contributed by atoms with van der Waals surface area (Å²) >= 11 is 0. The summed E-state index contributed by atoms with van der Waals surface area (Å²) in [4.78, 5) is 0. The van der Waals surface area contributed by atoms with Crippen LogP contribution in [0.15, 0.2) is 0 Å². The minimum Gasteiger partial charge on any atom is -2.00 e. The summed E-state index contributed by atoms with van der Waals surface area (Å²) in [5.41, 5.74) is 0. The van der Waals surface area contributed by atoms with Crippen molar-refractivity contribution in [3.05, 3.63) is 0 Å². The van der Waals surface area contributed by atoms with Crippen LogP contribution in [0, 0.1) is 0 Å². The van der Waals surface area contributed by atoms with Crippen molar-refractivity contribution in [2.45, 2.75) is 55.4 Å². The molecular weight excluding hydrogens is 444 g/mol. The second kappa shape index (κ2) is 26.2. The van der Waals surface area contributed by atoms with E-state index >= 15 is 0 Å². The molecule has 0 heterocycles. The summed E-state index contributed by atoms with van der Waals surface area (Å²) in [7, 11) is 0. The summed E-state index contributed by atoms with van der Waals surface area (Å²) in [6.45, 7) is 28.4. The Morgan fingerprint density at radius 1 is 0.348 bits per heavy atom. The molecule has 0 rings (SSSR count). The third kappa shape index (κ3) is 17.2. The molecule has 0 aliphatic rings. The third-order valence-electron chi connectivity index (χ3n) is 5.37. The fourth-order valence-corrected chi connectivity index (χ4v) is 2.68. The summed E-state index contributed by atoms with van der Waals surface area (Å²) in [5, 5.41) is 0. The van der Waals surface area contributed by atoms with Crippen LogP contribution in [0.25, 0.3) is 0 Å². The molecule has 0 atom stereocenters. The number of hydrogen-bond acceptors (Lipinski definition) is 0. The molecule has 0 saturated heterocycles. The maximum Gasteiger partial charge on any atom is 0.0757 e. The molecule has 0 unspecified atom stereocenters. The van der Waals surface area contributed by atoms with E-state index in [2.05, 4.69) is 55.4 Å². The molecule has 0 aromatic carbocycles. The predicted octanol–water partition coefficient (Wildman–Crippen LogP) is 3.75. The fourth-order valence-electron chi connectivity index (χ4n) is 2.68. The van der Waals surface area contributed by atoms with Crippen LogP contribution in [-0.2, 0) is 75.0 Å². The zero-order valence-electron chi connectivity index (χ0n) is 16.6. The van der Waals surface area contributed by atoms with Crippen LogP contribution in [0.4, 0.5) is 0 Å². The van der Waals surface area contributed by atoms with E-state index in [0.717, 1.165) is 0 Å². The van der Waals surface area contributed by atoms with Crippen LogP contribution >= 0.6 is 0 Å². The van der Waals surface area contributed by atoms with E-state index in [1.165, 1.54) is 61.3 Å². The smallest absolute Gasteiger partial charge is 0.0757 e. The van der Waals surface area contributed by atoms with Crippen molar-refractivity contribution in [2.24, 2.45) is 0 Å². The van der Waals surface area contributed by atoms with Crippen LogP contribution in [0.1, 0.15) is 55.4 Å². The van der Waals surface area contributed by atoms with Crippen molar-refractivity contribution < 1.29 is 30.0 Å². The summed E-state index contributed by atoms with van der Waals surface area (Å²) in [6, 6.07) is 0. The van der Waals surface area contributed by atoms with E-state index in [4.69, 9.17) is 0 Å². The van der Waals surface area contributed by atoms with Gasteiger partial charge in [-0.25, -0.2) is 0 Å². The standard InChI is InChI=1S/2C8H20N.Mo.4S/c2*1-5-9(6-2,7-3)8-4;;;;;/h2*5-8H2,1-4H3;;;;;/q2*+1;;4*-2. The van der Waals surface area contributed by atoms with Crippen molar-refractivity contribution in [3.8, 4) is 0 Å². The Morgan fingerprint density at radius 3 is 0.435 bits per heavy atom. The zero-order valence-corrected chi connectivity index (χ0v) is 21.9. The van der Waals surface area contributed by atoms with Gasteiger partial charge in [-0.15, -0.1) is 0 Å². The second-order valence-corrected chi connectivity index (χ2v) is 5.21. The van der Waals surface area contributed by atoms with Crippen molar-refractivity contribution in [1.82, 2.24) is 0 Å². The summed E-state index contributed by atoms with van der Waals surface area (Å²) in [6.07, 6.45) is 0. The van der Waals surface area contributed by atoms with Gasteiger partial charge in [0.15, 0.2) is 0 Å². The molecule has 0 N–H and O–H groups in total. The van der Waals surface area contributed by atoms with Crippen LogP contribution in [-0.4, -0.2) is 61.3 Å². The van der Waals surface area contributed by atoms with Gasteiger partial charge in [0.25, 0.3) is 0 Å². The van der Waals surface area contributed by atoms with E-state index in [1.54, 1.807) is 0 Å². The average molecular weight is 485 g/mol. The van der Waals surface area contributed by atoms with Crippen molar-refractivity contribution in [1.29, 1.82) is 0 Å². The summed E-state index contributed by atoms with van der Waals surface area (Å²) in [5.74, 6) is 0. The molecule has 0 aromatic heterocycles. The van der Waals surface area contributed by atoms with Gasteiger partial charge in [-0.1, -0.05) is 0 Å². The van der Waals surface area contributed by atoms with Gasteiger partial charge in [-0.05, 0) is 55.4 Å². The number of nitrogens with zero attached hydrogens (tertiary/aromatic N) is 2. The molecule has 0 bridgehead atoms. The van der Waals surface area contributed by atoms with E-state index < -0.39 is 0 Å². The van der Waals surface area contributed by atoms with Crippen molar-refractivity contribution in [2.75, 3.05) is 52.4 Å². The Kier molecular flexibility index (Phi) is 50.7. The quantitative estimate of drug-likeness (QED) is 0.364. The molecule has 0 radical (unpaired) electrons. The molecule has 7 heteroatoms. The largest absolute Gasteiger partial charge is 2.00 e. The first kappa shape index (κ1) is 44.4. The molecule has 2 nitrogen and oxygen atoms in total. The van der Waals surface area contributed by atoms with E-state index in [1.807, 2.05) is 0 Å². The fraction of sp³-hybridized carbons (Fsp3) is 1.00. The van der Waals surface area contributed by atoms with E-state index in [-0.39, 0.29) is 75.0 Å². The number of hydrogen-bond donors (Lipinski definition) is 0. The molecule has 0 fully saturated rings. The van der Waals surface area contributed by atoms with Gasteiger partial charge < -0.3 is 62.9 Å². The van der Waals surface area contributed by atoms with Crippen LogP contribution in [0.5, 0.6) is 0 Å². The van der Waals surface area contributed by atoms with E-state index in [9.17, 15) is 0 Å². The minimum atomic E-state index is 0. The Morgan fingerprint density at radius 2 is 0.435 bits per heavy atom. The van der Waals surface area contributed by atoms with Gasteiger partial charge in [-0.3, -0.25) is 0 Å². The topological polar surface area (TPSA) is 0 Å². The van der Waals surface area contributed by atoms with Crippen molar-refractivity contribution in [3.63, 3.8) is 0 Å². The molecule has 0 saturated carbocycles. The molecule has 0 aliphatic carbocycles. The Hall–Kier alpha value is 2.01. The third-order valence-corrected chi connectivity index (χ3v) is 5.37. The molecule has 0 aliphatic heterocycles. The molecule has 0 spiro atoms. The van der Waals surface area contributed by atoms with Crippen LogP contribution in [0.3, 0.4) is 0 Å². The van der Waals surface area contributed by atoms with Gasteiger partial charge in [0.2, 0.25) is 0 Å². The number of quaternary nitrogens is 2. The Labute approximate surface area is 190 Å². The van der Waals surface area contributed by atoms with Crippen LogP contribution in [0.2, 0.25) is 0 Å². The van der Waals surface area contributed by atoms with Gasteiger partial charge in [0, 0.05) is 21.1 Å². The van der Waals surface area contributed by atoms with Gasteiger partial charge >= 0.3 is 0 Å². The molecule has 23 heavy (non-hydrogen) atoms. The first-order valence-corrected chi connectivity index (χ1v) is 8.19. The minimum absolute atomic E-state index is 0. The zero-order chi connectivity index (χ0) is 14.7. The number of rotatable bonds is 8.